The Morgan fingerprint density at radius 3 is 2.48 bits per heavy atom. The summed E-state index contributed by atoms with van der Waals surface area (Å²) in [6.07, 6.45) is 1.75. The van der Waals surface area contributed by atoms with Crippen molar-refractivity contribution < 1.29 is 19.0 Å². The molecule has 0 bridgehead atoms. The summed E-state index contributed by atoms with van der Waals surface area (Å²) >= 11 is 1.24. The quantitative estimate of drug-likeness (QED) is 0.308. The van der Waals surface area contributed by atoms with Crippen LogP contribution in [0.4, 0.5) is 0 Å². The lowest BCUT2D eigenvalue weighted by molar-refractivity contribution is -0.138. The van der Waals surface area contributed by atoms with Gasteiger partial charge >= 0.3 is 5.97 Å². The monoisotopic (exact) mass is 551 g/mol. The van der Waals surface area contributed by atoms with Gasteiger partial charge in [-0.15, -0.1) is 0 Å². The van der Waals surface area contributed by atoms with Gasteiger partial charge in [-0.3, -0.25) is 9.36 Å². The Bertz CT molecular complexity index is 1800. The largest absolute Gasteiger partial charge is 0.493 e. The van der Waals surface area contributed by atoms with Gasteiger partial charge in [-0.2, -0.15) is 5.26 Å². The van der Waals surface area contributed by atoms with Crippen LogP contribution in [0.5, 0.6) is 11.5 Å². The van der Waals surface area contributed by atoms with E-state index in [0.29, 0.717) is 37.7 Å². The van der Waals surface area contributed by atoms with E-state index in [1.165, 1.54) is 18.4 Å². The zero-order chi connectivity index (χ0) is 28.1. The standard InChI is InChI=1S/C31H25N3O5S/c1-3-38-30(36)26-27(21-10-6-4-7-11-21)33-31-34(28(26)22-12-8-5-9-13-22)29(35)25(40-31)19-20-14-15-23(39-17-16-32)24(18-20)37-2/h4-15,18-19,28H,3,17H2,1-2H3/b25-19-/t28-/m0/s1. The van der Waals surface area contributed by atoms with Crippen LogP contribution in [-0.2, 0) is 9.53 Å². The summed E-state index contributed by atoms with van der Waals surface area (Å²) in [6, 6.07) is 25.2. The summed E-state index contributed by atoms with van der Waals surface area (Å²) in [6.45, 7) is 1.82. The van der Waals surface area contributed by atoms with Gasteiger partial charge in [0, 0.05) is 5.56 Å². The Balaban J connectivity index is 1.74. The van der Waals surface area contributed by atoms with Crippen LogP contribution in [0.1, 0.15) is 29.7 Å². The number of methoxy groups -OCH3 is 1. The van der Waals surface area contributed by atoms with Crippen molar-refractivity contribution >= 4 is 29.1 Å². The van der Waals surface area contributed by atoms with Crippen LogP contribution < -0.4 is 24.4 Å². The van der Waals surface area contributed by atoms with Gasteiger partial charge in [0.15, 0.2) is 22.9 Å². The summed E-state index contributed by atoms with van der Waals surface area (Å²) < 4.78 is 18.3. The van der Waals surface area contributed by atoms with E-state index in [2.05, 4.69) is 0 Å². The summed E-state index contributed by atoms with van der Waals surface area (Å²) in [5, 5.41) is 8.83. The molecule has 0 spiro atoms. The Morgan fingerprint density at radius 1 is 1.07 bits per heavy atom. The van der Waals surface area contributed by atoms with Crippen LogP contribution in [0.2, 0.25) is 0 Å². The van der Waals surface area contributed by atoms with Crippen LogP contribution in [0.25, 0.3) is 11.8 Å². The van der Waals surface area contributed by atoms with Crippen LogP contribution >= 0.6 is 11.3 Å². The highest BCUT2D eigenvalue weighted by Crippen LogP contribution is 2.35. The average Bonchev–Trinajstić information content (AvgIpc) is 3.30. The predicted octanol–water partition coefficient (Wildman–Crippen LogP) is 3.85. The smallest absolute Gasteiger partial charge is 0.338 e. The van der Waals surface area contributed by atoms with Crippen molar-refractivity contribution in [2.45, 2.75) is 13.0 Å². The fraction of sp³-hybridized carbons (Fsp3) is 0.161. The molecule has 2 heterocycles. The zero-order valence-electron chi connectivity index (χ0n) is 21.9. The minimum absolute atomic E-state index is 0.111. The van der Waals surface area contributed by atoms with E-state index in [1.54, 1.807) is 35.8 Å². The second-order valence-corrected chi connectivity index (χ2v) is 9.71. The number of aromatic nitrogens is 1. The van der Waals surface area contributed by atoms with Crippen LogP contribution in [0.15, 0.2) is 94.2 Å². The maximum Gasteiger partial charge on any atom is 0.338 e. The van der Waals surface area contributed by atoms with Crippen molar-refractivity contribution in [3.8, 4) is 17.6 Å². The number of hydrogen-bond donors (Lipinski definition) is 0. The lowest BCUT2D eigenvalue weighted by atomic mass is 9.93. The number of nitrogens with zero attached hydrogens (tertiary/aromatic N) is 3. The molecule has 3 aromatic carbocycles. The number of carbonyl (C=O) groups is 1. The number of hydrogen-bond acceptors (Lipinski definition) is 8. The molecule has 0 amide bonds. The Hall–Kier alpha value is -4.94. The third-order valence-electron chi connectivity index (χ3n) is 6.27. The molecule has 0 saturated heterocycles. The number of rotatable bonds is 8. The summed E-state index contributed by atoms with van der Waals surface area (Å²) in [5.74, 6) is 0.346. The van der Waals surface area contributed by atoms with E-state index in [1.807, 2.05) is 66.7 Å². The number of ether oxygens (including phenoxy) is 3. The first-order chi connectivity index (χ1) is 19.5. The molecule has 0 radical (unpaired) electrons. The van der Waals surface area contributed by atoms with E-state index in [4.69, 9.17) is 24.5 Å². The highest BCUT2D eigenvalue weighted by molar-refractivity contribution is 7.07. The van der Waals surface area contributed by atoms with Gasteiger partial charge in [-0.1, -0.05) is 78.1 Å². The van der Waals surface area contributed by atoms with E-state index < -0.39 is 12.0 Å². The number of thiazole rings is 1. The first-order valence-electron chi connectivity index (χ1n) is 12.6. The maximum absolute atomic E-state index is 13.9. The van der Waals surface area contributed by atoms with Crippen LogP contribution in [0, 0.1) is 11.3 Å². The number of benzene rings is 3. The first-order valence-corrected chi connectivity index (χ1v) is 13.4. The SMILES string of the molecule is CCOC(=O)C1=C(c2ccccc2)N=c2s/c(=C\c3ccc(OCC#N)c(OC)c3)c(=O)n2[C@H]1c1ccccc1. The predicted molar refractivity (Wildman–Crippen MR) is 152 cm³/mol. The number of fused-ring (bicyclic) bond motifs is 1. The van der Waals surface area contributed by atoms with Crippen molar-refractivity contribution in [2.75, 3.05) is 20.3 Å². The molecule has 1 aliphatic heterocycles. The molecule has 0 fully saturated rings. The molecule has 9 heteroatoms. The van der Waals surface area contributed by atoms with E-state index in [9.17, 15) is 9.59 Å². The average molecular weight is 552 g/mol. The molecular formula is C31H25N3O5S. The lowest BCUT2D eigenvalue weighted by Gasteiger charge is -2.25. The molecule has 0 saturated carbocycles. The van der Waals surface area contributed by atoms with E-state index in [-0.39, 0.29) is 18.8 Å². The molecule has 4 aromatic rings. The van der Waals surface area contributed by atoms with Gasteiger partial charge in [0.05, 0.1) is 35.6 Å². The molecule has 8 nitrogen and oxygen atoms in total. The molecule has 0 aliphatic carbocycles. The number of esters is 1. The highest BCUT2D eigenvalue weighted by Gasteiger charge is 2.35. The lowest BCUT2D eigenvalue weighted by Crippen LogP contribution is -2.39. The topological polar surface area (TPSA) is 103 Å². The molecular weight excluding hydrogens is 526 g/mol. The third kappa shape index (κ3) is 5.17. The van der Waals surface area contributed by atoms with Crippen molar-refractivity contribution in [3.63, 3.8) is 0 Å². The fourth-order valence-corrected chi connectivity index (χ4v) is 5.55. The van der Waals surface area contributed by atoms with Gasteiger partial charge in [0.1, 0.15) is 6.07 Å². The Morgan fingerprint density at radius 2 is 1.80 bits per heavy atom. The minimum atomic E-state index is -0.731. The van der Waals surface area contributed by atoms with Crippen molar-refractivity contribution in [1.82, 2.24) is 4.57 Å². The molecule has 1 aliphatic rings. The van der Waals surface area contributed by atoms with Crippen LogP contribution in [0.3, 0.4) is 0 Å². The molecule has 200 valence electrons. The van der Waals surface area contributed by atoms with Gasteiger partial charge in [0.2, 0.25) is 0 Å². The number of nitriles is 1. The number of carbonyl (C=O) groups excluding carboxylic acids is 1. The third-order valence-corrected chi connectivity index (χ3v) is 7.25. The summed E-state index contributed by atoms with van der Waals surface area (Å²) in [5.41, 5.74) is 2.72. The van der Waals surface area contributed by atoms with E-state index in [0.717, 1.165) is 11.1 Å². The first kappa shape index (κ1) is 26.7. The molecule has 1 aromatic heterocycles. The fourth-order valence-electron chi connectivity index (χ4n) is 4.55. The minimum Gasteiger partial charge on any atom is -0.493 e. The second kappa shape index (κ2) is 11.8. The van der Waals surface area contributed by atoms with Crippen molar-refractivity contribution in [2.24, 2.45) is 4.99 Å². The Kier molecular flexibility index (Phi) is 7.89. The van der Waals surface area contributed by atoms with Gasteiger partial charge in [0.25, 0.3) is 5.56 Å². The second-order valence-electron chi connectivity index (χ2n) is 8.70. The van der Waals surface area contributed by atoms with Gasteiger partial charge < -0.3 is 14.2 Å². The molecule has 40 heavy (non-hydrogen) atoms. The normalized spacial score (nSPS) is 14.6. The molecule has 0 unspecified atom stereocenters. The van der Waals surface area contributed by atoms with Gasteiger partial charge in [-0.25, -0.2) is 9.79 Å². The van der Waals surface area contributed by atoms with Gasteiger partial charge in [-0.05, 0) is 36.3 Å². The van der Waals surface area contributed by atoms with E-state index >= 15 is 0 Å². The molecule has 5 rings (SSSR count). The zero-order valence-corrected chi connectivity index (χ0v) is 22.7. The van der Waals surface area contributed by atoms with Crippen LogP contribution in [-0.4, -0.2) is 30.9 Å². The van der Waals surface area contributed by atoms with Crippen molar-refractivity contribution in [1.29, 1.82) is 5.26 Å². The molecule has 1 atom stereocenters. The summed E-state index contributed by atoms with van der Waals surface area (Å²) in [4.78, 5) is 32.7. The highest BCUT2D eigenvalue weighted by atomic mass is 32.1. The van der Waals surface area contributed by atoms with Crippen molar-refractivity contribution in [3.05, 3.63) is 121 Å². The Labute approximate surface area is 234 Å². The summed E-state index contributed by atoms with van der Waals surface area (Å²) in [7, 11) is 1.51. The molecule has 0 N–H and O–H groups in total. The maximum atomic E-state index is 13.9.